The first-order valence-electron chi connectivity index (χ1n) is 7.36. The number of nitro benzene ring substituents is 1. The number of nitrogens with one attached hydrogen (secondary N) is 1. The highest BCUT2D eigenvalue weighted by Gasteiger charge is 2.20. The molecule has 0 radical (unpaired) electrons. The fraction of sp³-hybridized carbons (Fsp3) is 0.250. The van der Waals surface area contributed by atoms with Crippen molar-refractivity contribution in [3.63, 3.8) is 0 Å². The second-order valence-electron chi connectivity index (χ2n) is 5.34. The van der Waals surface area contributed by atoms with Crippen LogP contribution in [-0.2, 0) is 22.4 Å². The molecule has 0 saturated carbocycles. The van der Waals surface area contributed by atoms with Crippen molar-refractivity contribution in [3.05, 3.63) is 55.8 Å². The third kappa shape index (κ3) is 3.60. The highest BCUT2D eigenvalue weighted by Crippen LogP contribution is 2.30. The van der Waals surface area contributed by atoms with E-state index in [9.17, 15) is 19.7 Å². The maximum absolute atomic E-state index is 12.0. The number of nitrogens with zero attached hydrogens (tertiary/aromatic N) is 1. The molecule has 0 aliphatic heterocycles. The molecule has 1 aliphatic rings. The summed E-state index contributed by atoms with van der Waals surface area (Å²) < 4.78 is 5.00. The number of rotatable bonds is 5. The van der Waals surface area contributed by atoms with Crippen LogP contribution < -0.4 is 5.32 Å². The number of anilines is 1. The smallest absolute Gasteiger partial charge is 0.348 e. The van der Waals surface area contributed by atoms with Crippen LogP contribution in [-0.4, -0.2) is 23.4 Å². The van der Waals surface area contributed by atoms with Gasteiger partial charge in [0.2, 0.25) is 0 Å². The highest BCUT2D eigenvalue weighted by molar-refractivity contribution is 7.14. The first-order chi connectivity index (χ1) is 11.5. The molecule has 2 aromatic rings. The molecule has 0 fully saturated rings. The van der Waals surface area contributed by atoms with Gasteiger partial charge in [-0.1, -0.05) is 6.07 Å². The largest absolute Gasteiger partial charge is 0.451 e. The minimum Gasteiger partial charge on any atom is -0.451 e. The van der Waals surface area contributed by atoms with Gasteiger partial charge in [-0.25, -0.2) is 4.79 Å². The van der Waals surface area contributed by atoms with Crippen LogP contribution >= 0.6 is 11.3 Å². The van der Waals surface area contributed by atoms with Gasteiger partial charge in [-0.05, 0) is 37.0 Å². The molecule has 1 N–H and O–H groups in total. The van der Waals surface area contributed by atoms with Gasteiger partial charge in [-0.15, -0.1) is 11.3 Å². The normalized spacial score (nSPS) is 12.5. The van der Waals surface area contributed by atoms with E-state index in [0.29, 0.717) is 4.88 Å². The van der Waals surface area contributed by atoms with E-state index in [4.69, 9.17) is 4.74 Å². The number of nitro groups is 1. The molecule has 3 rings (SSSR count). The Hall–Kier alpha value is -2.74. The van der Waals surface area contributed by atoms with Gasteiger partial charge in [-0.3, -0.25) is 14.9 Å². The Morgan fingerprint density at radius 1 is 1.29 bits per heavy atom. The number of ether oxygens (including phenoxy) is 1. The molecule has 24 heavy (non-hydrogen) atoms. The van der Waals surface area contributed by atoms with Crippen molar-refractivity contribution in [1.82, 2.24) is 0 Å². The number of esters is 1. The number of benzene rings is 1. The third-order valence-corrected chi connectivity index (χ3v) is 4.84. The summed E-state index contributed by atoms with van der Waals surface area (Å²) >= 11 is 1.41. The zero-order valence-electron chi connectivity index (χ0n) is 12.6. The molecule has 0 spiro atoms. The summed E-state index contributed by atoms with van der Waals surface area (Å²) in [6.45, 7) is -0.440. The quantitative estimate of drug-likeness (QED) is 0.510. The van der Waals surface area contributed by atoms with Crippen LogP contribution in [0.4, 0.5) is 11.4 Å². The molecule has 0 saturated heterocycles. The fourth-order valence-corrected chi connectivity index (χ4v) is 3.67. The van der Waals surface area contributed by atoms with Crippen molar-refractivity contribution in [2.45, 2.75) is 19.3 Å². The van der Waals surface area contributed by atoms with Gasteiger partial charge in [0, 0.05) is 22.7 Å². The Kier molecular flexibility index (Phi) is 4.57. The van der Waals surface area contributed by atoms with E-state index >= 15 is 0 Å². The predicted octanol–water partition coefficient (Wildman–Crippen LogP) is 2.94. The molecule has 0 bridgehead atoms. The number of fused-ring (bicyclic) bond motifs is 1. The standard InChI is InChI=1S/C16H14N2O5S/c19-15(17-11-4-2-5-12(8-11)18(21)22)9-23-16(20)14-7-10-3-1-6-13(10)24-14/h2,4-5,7-8H,1,3,6,9H2,(H,17,19). The van der Waals surface area contributed by atoms with Crippen molar-refractivity contribution >= 4 is 34.6 Å². The minimum absolute atomic E-state index is 0.127. The van der Waals surface area contributed by atoms with E-state index in [1.165, 1.54) is 46.0 Å². The molecule has 0 unspecified atom stereocenters. The number of carbonyl (C=O) groups is 2. The van der Waals surface area contributed by atoms with Gasteiger partial charge in [-0.2, -0.15) is 0 Å². The van der Waals surface area contributed by atoms with Crippen molar-refractivity contribution < 1.29 is 19.2 Å². The van der Waals surface area contributed by atoms with Gasteiger partial charge in [0.15, 0.2) is 6.61 Å². The summed E-state index contributed by atoms with van der Waals surface area (Å²) in [6, 6.07) is 7.38. The number of hydrogen-bond acceptors (Lipinski definition) is 6. The first kappa shape index (κ1) is 16.1. The van der Waals surface area contributed by atoms with Gasteiger partial charge in [0.05, 0.1) is 4.92 Å². The zero-order chi connectivity index (χ0) is 17.1. The van der Waals surface area contributed by atoms with Gasteiger partial charge in [0.25, 0.3) is 11.6 Å². The van der Waals surface area contributed by atoms with Crippen molar-refractivity contribution in [1.29, 1.82) is 0 Å². The Morgan fingerprint density at radius 2 is 2.12 bits per heavy atom. The molecule has 1 aromatic heterocycles. The number of aryl methyl sites for hydroxylation is 2. The Labute approximate surface area is 141 Å². The molecule has 1 aliphatic carbocycles. The molecule has 1 amide bonds. The topological polar surface area (TPSA) is 98.5 Å². The number of thiophene rings is 1. The lowest BCUT2D eigenvalue weighted by Crippen LogP contribution is -2.20. The van der Waals surface area contributed by atoms with Gasteiger partial charge in [0.1, 0.15) is 4.88 Å². The van der Waals surface area contributed by atoms with Crippen molar-refractivity contribution in [3.8, 4) is 0 Å². The van der Waals surface area contributed by atoms with Crippen LogP contribution in [0.5, 0.6) is 0 Å². The minimum atomic E-state index is -0.550. The number of carbonyl (C=O) groups excluding carboxylic acids is 2. The van der Waals surface area contributed by atoms with E-state index in [2.05, 4.69) is 5.32 Å². The van der Waals surface area contributed by atoms with Crippen LogP contribution in [0.2, 0.25) is 0 Å². The second kappa shape index (κ2) is 6.79. The molecule has 7 nitrogen and oxygen atoms in total. The van der Waals surface area contributed by atoms with E-state index < -0.39 is 23.4 Å². The maximum Gasteiger partial charge on any atom is 0.348 e. The summed E-state index contributed by atoms with van der Waals surface area (Å²) in [6.07, 6.45) is 3.08. The lowest BCUT2D eigenvalue weighted by atomic mass is 10.2. The molecular weight excluding hydrogens is 332 g/mol. The van der Waals surface area contributed by atoms with Crippen LogP contribution in [0.25, 0.3) is 0 Å². The third-order valence-electron chi connectivity index (χ3n) is 3.62. The molecule has 124 valence electrons. The van der Waals surface area contributed by atoms with E-state index in [0.717, 1.165) is 19.3 Å². The molecule has 1 heterocycles. The SMILES string of the molecule is O=C(COC(=O)c1cc2c(s1)CCC2)Nc1cccc([N+](=O)[O-])c1. The van der Waals surface area contributed by atoms with Crippen LogP contribution in [0, 0.1) is 10.1 Å². The van der Waals surface area contributed by atoms with Crippen molar-refractivity contribution in [2.24, 2.45) is 0 Å². The average molecular weight is 346 g/mol. The molecule has 0 atom stereocenters. The summed E-state index contributed by atoms with van der Waals surface area (Å²) in [5.74, 6) is -1.07. The van der Waals surface area contributed by atoms with Gasteiger partial charge >= 0.3 is 5.97 Å². The maximum atomic E-state index is 12.0. The summed E-state index contributed by atoms with van der Waals surface area (Å²) in [7, 11) is 0. The average Bonchev–Trinajstić information content (AvgIpc) is 3.14. The number of hydrogen-bond donors (Lipinski definition) is 1. The van der Waals surface area contributed by atoms with E-state index in [-0.39, 0.29) is 11.4 Å². The van der Waals surface area contributed by atoms with Gasteiger partial charge < -0.3 is 10.1 Å². The van der Waals surface area contributed by atoms with Crippen LogP contribution in [0.15, 0.2) is 30.3 Å². The number of amides is 1. The monoisotopic (exact) mass is 346 g/mol. The number of non-ortho nitro benzene ring substituents is 1. The highest BCUT2D eigenvalue weighted by atomic mass is 32.1. The molecular formula is C16H14N2O5S. The molecule has 1 aromatic carbocycles. The van der Waals surface area contributed by atoms with Crippen LogP contribution in [0.1, 0.15) is 26.5 Å². The first-order valence-corrected chi connectivity index (χ1v) is 8.17. The summed E-state index contributed by atoms with van der Waals surface area (Å²) in [4.78, 5) is 35.6. The summed E-state index contributed by atoms with van der Waals surface area (Å²) in [5, 5.41) is 13.2. The Morgan fingerprint density at radius 3 is 2.88 bits per heavy atom. The zero-order valence-corrected chi connectivity index (χ0v) is 13.4. The molecule has 8 heteroatoms. The van der Waals surface area contributed by atoms with E-state index in [1.807, 2.05) is 6.07 Å². The lowest BCUT2D eigenvalue weighted by molar-refractivity contribution is -0.384. The summed E-state index contributed by atoms with van der Waals surface area (Å²) in [5.41, 5.74) is 1.34. The lowest BCUT2D eigenvalue weighted by Gasteiger charge is -2.05. The Balaban J connectivity index is 1.54. The second-order valence-corrected chi connectivity index (χ2v) is 6.48. The van der Waals surface area contributed by atoms with Crippen molar-refractivity contribution in [2.75, 3.05) is 11.9 Å². The Bertz CT molecular complexity index is 793. The predicted molar refractivity (Wildman–Crippen MR) is 88.4 cm³/mol. The van der Waals surface area contributed by atoms with E-state index in [1.54, 1.807) is 0 Å². The fourth-order valence-electron chi connectivity index (χ4n) is 2.53. The van der Waals surface area contributed by atoms with Crippen LogP contribution in [0.3, 0.4) is 0 Å².